The van der Waals surface area contributed by atoms with Crippen molar-refractivity contribution in [3.05, 3.63) is 59.9 Å². The molecule has 2 aliphatic heterocycles. The van der Waals surface area contributed by atoms with Crippen LogP contribution in [-0.2, 0) is 15.7 Å². The van der Waals surface area contributed by atoms with Gasteiger partial charge in [0.1, 0.15) is 16.6 Å². The number of fused-ring (bicyclic) bond motifs is 1. The third kappa shape index (κ3) is 6.66. The lowest BCUT2D eigenvalue weighted by Crippen LogP contribution is -2.34. The predicted octanol–water partition coefficient (Wildman–Crippen LogP) is 4.24. The first kappa shape index (κ1) is 28.7. The number of hydrogen-bond donors (Lipinski definition) is 1. The van der Waals surface area contributed by atoms with Crippen molar-refractivity contribution >= 4 is 34.2 Å². The molecule has 2 saturated heterocycles. The van der Waals surface area contributed by atoms with E-state index in [0.29, 0.717) is 35.2 Å². The normalized spacial score (nSPS) is 17.6. The molecule has 11 heteroatoms. The van der Waals surface area contributed by atoms with Gasteiger partial charge in [0.05, 0.1) is 22.2 Å². The van der Waals surface area contributed by atoms with E-state index in [9.17, 15) is 13.8 Å². The van der Waals surface area contributed by atoms with Crippen LogP contribution in [0.25, 0.3) is 5.52 Å². The maximum absolute atomic E-state index is 13.2. The van der Waals surface area contributed by atoms with E-state index in [-0.39, 0.29) is 12.8 Å². The topological polar surface area (TPSA) is 128 Å². The number of anilines is 1. The van der Waals surface area contributed by atoms with Gasteiger partial charge in [-0.1, -0.05) is 0 Å². The van der Waals surface area contributed by atoms with Gasteiger partial charge in [-0.15, -0.1) is 0 Å². The molecular formula is C28H39N5O5S. The lowest BCUT2D eigenvalue weighted by molar-refractivity contribution is 0.0635. The standard InChI is InChI=1S/C28H35N5O4S.H2O.H2/c1-28(2,3)37-27(35)30-22-6-8-23(9-7-22)38(36)32-15-10-20(11-16-32)21-12-17-33-25(18-21)24(19-29-33)26(34)31-13-4-5-14-31;;/h6-9,12,17-20H,4-5,10-11,13-16H2,1-3H3,(H,30,35);1H2;1H. The van der Waals surface area contributed by atoms with Gasteiger partial charge in [-0.05, 0) is 94.3 Å². The maximum Gasteiger partial charge on any atom is 0.412 e. The first-order chi connectivity index (χ1) is 18.2. The molecule has 2 fully saturated rings. The second-order valence-corrected chi connectivity index (χ2v) is 12.4. The molecule has 0 aliphatic carbocycles. The second kappa shape index (κ2) is 11.8. The van der Waals surface area contributed by atoms with Gasteiger partial charge in [0.25, 0.3) is 5.91 Å². The van der Waals surface area contributed by atoms with Crippen LogP contribution in [0.3, 0.4) is 0 Å². The number of carbonyl (C=O) groups is 2. The quantitative estimate of drug-likeness (QED) is 0.502. The fourth-order valence-electron chi connectivity index (χ4n) is 5.09. The molecule has 1 aromatic carbocycles. The zero-order valence-electron chi connectivity index (χ0n) is 22.7. The molecule has 39 heavy (non-hydrogen) atoms. The Morgan fingerprint density at radius 1 is 1.05 bits per heavy atom. The van der Waals surface area contributed by atoms with Crippen molar-refractivity contribution in [1.29, 1.82) is 0 Å². The number of hydrogen-bond acceptors (Lipinski definition) is 5. The van der Waals surface area contributed by atoms with E-state index < -0.39 is 22.7 Å². The number of amides is 2. The van der Waals surface area contributed by atoms with Crippen LogP contribution >= 0.6 is 0 Å². The molecular weight excluding hydrogens is 518 g/mol. The van der Waals surface area contributed by atoms with E-state index in [2.05, 4.69) is 22.5 Å². The van der Waals surface area contributed by atoms with Crippen molar-refractivity contribution in [3.8, 4) is 0 Å². The Bertz CT molecular complexity index is 1340. The first-order valence-corrected chi connectivity index (χ1v) is 14.3. The molecule has 3 N–H and O–H groups in total. The van der Waals surface area contributed by atoms with Gasteiger partial charge in [0, 0.05) is 39.5 Å². The molecule has 2 amide bonds. The lowest BCUT2D eigenvalue weighted by Gasteiger charge is -2.31. The van der Waals surface area contributed by atoms with Crippen molar-refractivity contribution in [3.63, 3.8) is 0 Å². The van der Waals surface area contributed by atoms with E-state index in [0.717, 1.165) is 44.3 Å². The Morgan fingerprint density at radius 3 is 2.36 bits per heavy atom. The molecule has 10 nitrogen and oxygen atoms in total. The van der Waals surface area contributed by atoms with E-state index >= 15 is 0 Å². The van der Waals surface area contributed by atoms with Gasteiger partial charge in [-0.25, -0.2) is 17.8 Å². The van der Waals surface area contributed by atoms with Crippen molar-refractivity contribution in [2.75, 3.05) is 31.5 Å². The fourth-order valence-corrected chi connectivity index (χ4v) is 6.30. The molecule has 2 aliphatic rings. The first-order valence-electron chi connectivity index (χ1n) is 13.2. The average Bonchev–Trinajstić information content (AvgIpc) is 3.57. The fraction of sp³-hybridized carbons (Fsp3) is 0.464. The van der Waals surface area contributed by atoms with Crippen LogP contribution in [0.2, 0.25) is 0 Å². The molecule has 0 bridgehead atoms. The van der Waals surface area contributed by atoms with Gasteiger partial charge in [-0.3, -0.25) is 10.1 Å². The van der Waals surface area contributed by atoms with Gasteiger partial charge >= 0.3 is 6.09 Å². The van der Waals surface area contributed by atoms with E-state index in [1.165, 1.54) is 5.56 Å². The SMILES string of the molecule is CC(C)(C)OC(=O)Nc1ccc(S(=O)N2CCC(c3ccn4ncc(C(=O)N5CCCC5)c4c3)CC2)cc1.O.[HH]. The third-order valence-electron chi connectivity index (χ3n) is 7.03. The number of likely N-dealkylation sites (tertiary alicyclic amines) is 1. The minimum Gasteiger partial charge on any atom is -0.444 e. The van der Waals surface area contributed by atoms with E-state index in [1.807, 2.05) is 36.2 Å². The molecule has 5 rings (SSSR count). The van der Waals surface area contributed by atoms with E-state index in [1.54, 1.807) is 35.0 Å². The van der Waals surface area contributed by atoms with Crippen molar-refractivity contribution in [1.82, 2.24) is 18.8 Å². The highest BCUT2D eigenvalue weighted by atomic mass is 32.2. The van der Waals surface area contributed by atoms with Crippen LogP contribution in [0, 0.1) is 0 Å². The van der Waals surface area contributed by atoms with Gasteiger partial charge in [-0.2, -0.15) is 5.10 Å². The maximum atomic E-state index is 13.2. The summed E-state index contributed by atoms with van der Waals surface area (Å²) in [5, 5.41) is 7.10. The number of nitrogens with zero attached hydrogens (tertiary/aromatic N) is 4. The monoisotopic (exact) mass is 557 g/mol. The number of nitrogens with one attached hydrogen (secondary N) is 1. The van der Waals surface area contributed by atoms with Crippen LogP contribution in [-0.4, -0.2) is 72.3 Å². The predicted molar refractivity (Wildman–Crippen MR) is 152 cm³/mol. The highest BCUT2D eigenvalue weighted by Crippen LogP contribution is 2.31. The largest absolute Gasteiger partial charge is 0.444 e. The van der Waals surface area contributed by atoms with Crippen LogP contribution in [0.1, 0.15) is 69.7 Å². The molecule has 2 aromatic heterocycles. The molecule has 3 aromatic rings. The molecule has 4 heterocycles. The summed E-state index contributed by atoms with van der Waals surface area (Å²) in [4.78, 5) is 27.6. The molecule has 0 radical (unpaired) electrons. The summed E-state index contributed by atoms with van der Waals surface area (Å²) >= 11 is 0. The second-order valence-electron chi connectivity index (χ2n) is 11.0. The average molecular weight is 558 g/mol. The summed E-state index contributed by atoms with van der Waals surface area (Å²) in [5.74, 6) is 0.394. The zero-order chi connectivity index (χ0) is 26.9. The molecule has 0 saturated carbocycles. The van der Waals surface area contributed by atoms with Crippen LogP contribution in [0.15, 0.2) is 53.7 Å². The number of aromatic nitrogens is 2. The van der Waals surface area contributed by atoms with Gasteiger partial charge in [0.15, 0.2) is 0 Å². The lowest BCUT2D eigenvalue weighted by atomic mass is 9.90. The Labute approximate surface area is 232 Å². The molecule has 1 atom stereocenters. The Morgan fingerprint density at radius 2 is 1.72 bits per heavy atom. The summed E-state index contributed by atoms with van der Waals surface area (Å²) in [6.07, 6.45) is 6.97. The van der Waals surface area contributed by atoms with Crippen LogP contribution < -0.4 is 5.32 Å². The Hall–Kier alpha value is -3.28. The van der Waals surface area contributed by atoms with Crippen molar-refractivity contribution in [2.45, 2.75) is 62.9 Å². The Balaban J connectivity index is 0.00000220. The van der Waals surface area contributed by atoms with Gasteiger partial charge in [0.2, 0.25) is 0 Å². The molecule has 212 valence electrons. The van der Waals surface area contributed by atoms with Gasteiger partial charge < -0.3 is 15.1 Å². The smallest absolute Gasteiger partial charge is 0.412 e. The number of ether oxygens (including phenoxy) is 1. The Kier molecular flexibility index (Phi) is 8.73. The molecule has 0 spiro atoms. The number of pyridine rings is 1. The highest BCUT2D eigenvalue weighted by molar-refractivity contribution is 7.82. The number of benzene rings is 1. The van der Waals surface area contributed by atoms with Crippen LogP contribution in [0.4, 0.5) is 10.5 Å². The third-order valence-corrected chi connectivity index (χ3v) is 8.54. The summed E-state index contributed by atoms with van der Waals surface area (Å²) in [6, 6.07) is 11.2. The number of carbonyl (C=O) groups excluding carboxylic acids is 2. The van der Waals surface area contributed by atoms with Crippen LogP contribution in [0.5, 0.6) is 0 Å². The van der Waals surface area contributed by atoms with E-state index in [4.69, 9.17) is 4.74 Å². The summed E-state index contributed by atoms with van der Waals surface area (Å²) < 4.78 is 22.3. The minimum atomic E-state index is -1.28. The number of rotatable bonds is 5. The summed E-state index contributed by atoms with van der Waals surface area (Å²) in [5.41, 5.74) is 2.73. The highest BCUT2D eigenvalue weighted by Gasteiger charge is 2.27. The summed E-state index contributed by atoms with van der Waals surface area (Å²) in [7, 11) is -1.28. The summed E-state index contributed by atoms with van der Waals surface area (Å²) in [6.45, 7) is 8.48. The van der Waals surface area contributed by atoms with Crippen molar-refractivity contribution < 1.29 is 25.4 Å². The molecule has 1 unspecified atom stereocenters. The number of piperidine rings is 1. The minimum absolute atomic E-state index is 0. The van der Waals surface area contributed by atoms with Crippen molar-refractivity contribution in [2.24, 2.45) is 0 Å². The zero-order valence-corrected chi connectivity index (χ0v) is 23.5.